The molecular formula is C23H22IN3O5S3. The summed E-state index contributed by atoms with van der Waals surface area (Å²) >= 11 is 2.12. The third-order valence-corrected chi connectivity index (χ3v) is 8.63. The fourth-order valence-corrected chi connectivity index (χ4v) is 6.20. The molecule has 0 saturated carbocycles. The maximum Gasteiger partial charge on any atom is 0.275 e. The van der Waals surface area contributed by atoms with Crippen molar-refractivity contribution in [2.45, 2.75) is 4.90 Å². The maximum atomic E-state index is 12.9. The van der Waals surface area contributed by atoms with Gasteiger partial charge >= 0.3 is 0 Å². The summed E-state index contributed by atoms with van der Waals surface area (Å²) in [5, 5.41) is 0.737. The Morgan fingerprint density at radius 2 is 1.66 bits per heavy atom. The van der Waals surface area contributed by atoms with Crippen LogP contribution in [0, 0.1) is 0 Å². The van der Waals surface area contributed by atoms with Gasteiger partial charge in [-0.25, -0.2) is 12.6 Å². The molecule has 0 radical (unpaired) electrons. The molecule has 0 amide bonds. The minimum atomic E-state index is -3.33. The minimum absolute atomic E-state index is 0.136. The van der Waals surface area contributed by atoms with E-state index in [1.165, 1.54) is 25.8 Å². The van der Waals surface area contributed by atoms with Gasteiger partial charge in [-0.1, -0.05) is 0 Å². The van der Waals surface area contributed by atoms with Gasteiger partial charge in [0.05, 0.1) is 10.6 Å². The van der Waals surface area contributed by atoms with Crippen LogP contribution in [-0.2, 0) is 26.6 Å². The van der Waals surface area contributed by atoms with Crippen molar-refractivity contribution in [1.29, 1.82) is 0 Å². The van der Waals surface area contributed by atoms with Crippen molar-refractivity contribution in [2.24, 2.45) is 11.4 Å². The Bertz CT molecular complexity index is 1720. The molecule has 0 spiro atoms. The van der Waals surface area contributed by atoms with Crippen LogP contribution in [0.1, 0.15) is 0 Å². The fraction of sp³-hybridized carbons (Fsp3) is 0.174. The van der Waals surface area contributed by atoms with Gasteiger partial charge < -0.3 is 9.30 Å². The Kier molecular flexibility index (Phi) is 7.10. The normalized spacial score (nSPS) is 12.1. The van der Waals surface area contributed by atoms with Crippen molar-refractivity contribution >= 4 is 66.5 Å². The molecule has 0 N–H and O–H groups in total. The van der Waals surface area contributed by atoms with E-state index in [1.807, 2.05) is 12.3 Å². The first-order valence-corrected chi connectivity index (χ1v) is 17.7. The summed E-state index contributed by atoms with van der Waals surface area (Å²) in [5.74, 6) is 0.921. The average Bonchev–Trinajstić information content (AvgIpc) is 3.20. The number of sulfone groups is 1. The SMILES string of the molecule is Cn1cc(-c2cc(N=S(C)(C)=O)ccc2Oc2ccc(S(C)(=O)=O)cc2)c2ccn(SI)c2c1=O. The van der Waals surface area contributed by atoms with E-state index in [9.17, 15) is 17.4 Å². The fourth-order valence-electron chi connectivity index (χ4n) is 3.61. The molecule has 8 nitrogen and oxygen atoms in total. The molecule has 0 aliphatic heterocycles. The summed E-state index contributed by atoms with van der Waals surface area (Å²) in [4.78, 5) is 13.1. The van der Waals surface area contributed by atoms with E-state index in [0.29, 0.717) is 28.3 Å². The summed E-state index contributed by atoms with van der Waals surface area (Å²) in [7, 11) is -2.67. The molecule has 4 rings (SSSR count). The van der Waals surface area contributed by atoms with E-state index in [4.69, 9.17) is 4.74 Å². The summed E-state index contributed by atoms with van der Waals surface area (Å²) < 4.78 is 49.7. The van der Waals surface area contributed by atoms with Crippen LogP contribution < -0.4 is 10.3 Å². The van der Waals surface area contributed by atoms with Crippen LogP contribution in [-0.4, -0.2) is 39.9 Å². The summed E-state index contributed by atoms with van der Waals surface area (Å²) in [6.45, 7) is 0. The second-order valence-electron chi connectivity index (χ2n) is 8.23. The van der Waals surface area contributed by atoms with Gasteiger partial charge in [-0.05, 0) is 48.5 Å². The number of rotatable bonds is 6. The number of aromatic nitrogens is 2. The molecule has 2 aromatic carbocycles. The quantitative estimate of drug-likeness (QED) is 0.261. The average molecular weight is 644 g/mol. The molecule has 184 valence electrons. The number of hydrogen-bond acceptors (Lipinski definition) is 7. The predicted molar refractivity (Wildman–Crippen MR) is 151 cm³/mol. The van der Waals surface area contributed by atoms with E-state index < -0.39 is 19.6 Å². The van der Waals surface area contributed by atoms with Gasteiger partial charge in [0.2, 0.25) is 0 Å². The molecule has 35 heavy (non-hydrogen) atoms. The molecule has 0 aliphatic rings. The zero-order chi connectivity index (χ0) is 25.5. The standard InChI is InChI=1S/C23H22IN3O5S3/c1-26-14-20(18-11-12-27(33-24)22(18)23(26)28)19-13-15(25-34(2,3)29)5-10-21(19)32-16-6-8-17(9-7-16)35(4,30)31/h5-14H,1-4H3. The highest BCUT2D eigenvalue weighted by molar-refractivity contribution is 14.2. The Morgan fingerprint density at radius 1 is 0.971 bits per heavy atom. The maximum absolute atomic E-state index is 12.9. The third kappa shape index (κ3) is 5.60. The highest BCUT2D eigenvalue weighted by atomic mass is 127. The lowest BCUT2D eigenvalue weighted by molar-refractivity contribution is 0.484. The first-order valence-electron chi connectivity index (χ1n) is 10.2. The molecule has 0 aliphatic carbocycles. The van der Waals surface area contributed by atoms with E-state index in [1.54, 1.807) is 60.1 Å². The van der Waals surface area contributed by atoms with Crippen molar-refractivity contribution in [3.05, 3.63) is 71.3 Å². The number of hydrogen-bond donors (Lipinski definition) is 0. The molecule has 12 heteroatoms. The Morgan fingerprint density at radius 3 is 2.26 bits per heavy atom. The van der Waals surface area contributed by atoms with Crippen LogP contribution in [0.5, 0.6) is 11.5 Å². The van der Waals surface area contributed by atoms with Gasteiger partial charge in [0, 0.05) is 94.8 Å². The third-order valence-electron chi connectivity index (χ3n) is 5.12. The van der Waals surface area contributed by atoms with Crippen LogP contribution in [0.15, 0.2) is 75.0 Å². The van der Waals surface area contributed by atoms with Gasteiger partial charge in [0.1, 0.15) is 17.0 Å². The largest absolute Gasteiger partial charge is 0.457 e. The number of aryl methyl sites for hydroxylation is 1. The Balaban J connectivity index is 1.94. The summed E-state index contributed by atoms with van der Waals surface area (Å²) in [6, 6.07) is 13.2. The zero-order valence-corrected chi connectivity index (χ0v) is 23.9. The molecule has 2 aromatic heterocycles. The lowest BCUT2D eigenvalue weighted by Crippen LogP contribution is -2.17. The summed E-state index contributed by atoms with van der Waals surface area (Å²) in [5.41, 5.74) is 2.30. The molecule has 2 heterocycles. The van der Waals surface area contributed by atoms with Crippen LogP contribution in [0.25, 0.3) is 22.0 Å². The molecule has 0 unspecified atom stereocenters. The molecular weight excluding hydrogens is 621 g/mol. The van der Waals surface area contributed by atoms with Crippen molar-refractivity contribution in [2.75, 3.05) is 18.8 Å². The van der Waals surface area contributed by atoms with Crippen molar-refractivity contribution < 1.29 is 17.4 Å². The van der Waals surface area contributed by atoms with Gasteiger partial charge in [-0.3, -0.25) is 8.77 Å². The second kappa shape index (κ2) is 9.64. The van der Waals surface area contributed by atoms with Gasteiger partial charge in [-0.2, -0.15) is 4.36 Å². The molecule has 4 aromatic rings. The first kappa shape index (κ1) is 25.8. The number of fused-ring (bicyclic) bond motifs is 1. The van der Waals surface area contributed by atoms with Crippen molar-refractivity contribution in [3.8, 4) is 22.6 Å². The lowest BCUT2D eigenvalue weighted by atomic mass is 10.0. The highest BCUT2D eigenvalue weighted by Crippen LogP contribution is 2.40. The lowest BCUT2D eigenvalue weighted by Gasteiger charge is -2.15. The zero-order valence-electron chi connectivity index (χ0n) is 19.3. The molecule has 0 saturated heterocycles. The summed E-state index contributed by atoms with van der Waals surface area (Å²) in [6.07, 6.45) is 7.83. The van der Waals surface area contributed by atoms with E-state index in [2.05, 4.69) is 25.6 Å². The monoisotopic (exact) mass is 643 g/mol. The second-order valence-corrected chi connectivity index (χ2v) is 14.5. The Labute approximate surface area is 220 Å². The topological polar surface area (TPSA) is 99.7 Å². The predicted octanol–water partition coefficient (Wildman–Crippen LogP) is 5.41. The minimum Gasteiger partial charge on any atom is -0.457 e. The van der Waals surface area contributed by atoms with E-state index >= 15 is 0 Å². The highest BCUT2D eigenvalue weighted by Gasteiger charge is 2.18. The number of halogens is 1. The van der Waals surface area contributed by atoms with Crippen LogP contribution >= 0.6 is 30.3 Å². The number of ether oxygens (including phenoxy) is 1. The molecule has 0 fully saturated rings. The number of nitrogens with zero attached hydrogens (tertiary/aromatic N) is 3. The molecule has 0 bridgehead atoms. The number of pyridine rings is 1. The van der Waals surface area contributed by atoms with Crippen LogP contribution in [0.2, 0.25) is 0 Å². The Hall–Kier alpha value is -2.29. The van der Waals surface area contributed by atoms with Crippen LogP contribution in [0.3, 0.4) is 0 Å². The van der Waals surface area contributed by atoms with Gasteiger partial charge in [-0.15, -0.1) is 0 Å². The van der Waals surface area contributed by atoms with Crippen molar-refractivity contribution in [3.63, 3.8) is 0 Å². The van der Waals surface area contributed by atoms with Crippen LogP contribution in [0.4, 0.5) is 5.69 Å². The number of benzene rings is 2. The van der Waals surface area contributed by atoms with Crippen molar-refractivity contribution in [1.82, 2.24) is 8.54 Å². The van der Waals surface area contributed by atoms with E-state index in [-0.39, 0.29) is 10.5 Å². The molecule has 0 atom stereocenters. The first-order chi connectivity index (χ1) is 16.4. The van der Waals surface area contributed by atoms with Gasteiger partial charge in [0.15, 0.2) is 9.84 Å². The van der Waals surface area contributed by atoms with E-state index in [0.717, 1.165) is 17.2 Å². The smallest absolute Gasteiger partial charge is 0.275 e. The van der Waals surface area contributed by atoms with Gasteiger partial charge in [0.25, 0.3) is 5.56 Å².